The second kappa shape index (κ2) is 8.74. The number of benzene rings is 1. The standard InChI is InChI=1S/C16H24N2O4.ClH/c1-5-12(15(21)22-16(2,3)4)18-14(20)13(17)10-6-8-11(19)9-7-10;/h6-9,12-13,19H,5,17H2,1-4H3,(H,18,20);1H/t12-,13+;/m0./s1. The summed E-state index contributed by atoms with van der Waals surface area (Å²) in [6.45, 7) is 7.08. The third kappa shape index (κ3) is 6.88. The van der Waals surface area contributed by atoms with E-state index in [0.29, 0.717) is 12.0 Å². The number of nitrogens with two attached hydrogens (primary N) is 1. The number of hydrogen-bond acceptors (Lipinski definition) is 5. The Labute approximate surface area is 142 Å². The topological polar surface area (TPSA) is 102 Å². The molecule has 23 heavy (non-hydrogen) atoms. The van der Waals surface area contributed by atoms with Crippen LogP contribution in [0.15, 0.2) is 24.3 Å². The van der Waals surface area contributed by atoms with Gasteiger partial charge in [0.2, 0.25) is 5.91 Å². The van der Waals surface area contributed by atoms with E-state index in [0.717, 1.165) is 0 Å². The minimum atomic E-state index is -0.919. The van der Waals surface area contributed by atoms with Gasteiger partial charge in [-0.25, -0.2) is 4.79 Å². The average molecular weight is 345 g/mol. The predicted octanol–water partition coefficient (Wildman–Crippen LogP) is 2.05. The van der Waals surface area contributed by atoms with Gasteiger partial charge < -0.3 is 20.9 Å². The van der Waals surface area contributed by atoms with Crippen molar-refractivity contribution in [3.8, 4) is 5.75 Å². The van der Waals surface area contributed by atoms with Crippen LogP contribution in [0.4, 0.5) is 0 Å². The molecule has 0 aliphatic rings. The summed E-state index contributed by atoms with van der Waals surface area (Å²) in [5.74, 6) is -0.860. The third-order valence-corrected chi connectivity index (χ3v) is 2.95. The number of aromatic hydroxyl groups is 1. The van der Waals surface area contributed by atoms with Gasteiger partial charge in [-0.3, -0.25) is 4.79 Å². The van der Waals surface area contributed by atoms with Gasteiger partial charge in [-0.2, -0.15) is 0 Å². The number of esters is 1. The molecule has 0 saturated heterocycles. The summed E-state index contributed by atoms with van der Waals surface area (Å²) < 4.78 is 5.27. The molecular weight excluding hydrogens is 320 g/mol. The quantitative estimate of drug-likeness (QED) is 0.709. The number of hydrogen-bond donors (Lipinski definition) is 3. The lowest BCUT2D eigenvalue weighted by atomic mass is 10.1. The minimum absolute atomic E-state index is 0. The summed E-state index contributed by atoms with van der Waals surface area (Å²) >= 11 is 0. The summed E-state index contributed by atoms with van der Waals surface area (Å²) in [4.78, 5) is 24.2. The number of rotatable bonds is 5. The van der Waals surface area contributed by atoms with E-state index >= 15 is 0 Å². The lowest BCUT2D eigenvalue weighted by molar-refractivity contribution is -0.158. The Hall–Kier alpha value is -1.79. The minimum Gasteiger partial charge on any atom is -0.508 e. The van der Waals surface area contributed by atoms with E-state index in [-0.39, 0.29) is 18.2 Å². The largest absolute Gasteiger partial charge is 0.508 e. The highest BCUT2D eigenvalue weighted by Crippen LogP contribution is 2.16. The van der Waals surface area contributed by atoms with Gasteiger partial charge in [0.1, 0.15) is 23.4 Å². The zero-order chi connectivity index (χ0) is 16.9. The first-order valence-electron chi connectivity index (χ1n) is 7.21. The Kier molecular flexibility index (Phi) is 8.06. The fourth-order valence-electron chi connectivity index (χ4n) is 1.80. The van der Waals surface area contributed by atoms with E-state index in [4.69, 9.17) is 10.5 Å². The maximum Gasteiger partial charge on any atom is 0.329 e. The van der Waals surface area contributed by atoms with Gasteiger partial charge in [0.15, 0.2) is 0 Å². The Morgan fingerprint density at radius 1 is 1.26 bits per heavy atom. The second-order valence-electron chi connectivity index (χ2n) is 6.07. The summed E-state index contributed by atoms with van der Waals surface area (Å²) in [5, 5.41) is 11.8. The first-order valence-corrected chi connectivity index (χ1v) is 7.21. The molecule has 0 radical (unpaired) electrons. The highest BCUT2D eigenvalue weighted by molar-refractivity contribution is 5.88. The molecule has 0 bridgehead atoms. The van der Waals surface area contributed by atoms with Crippen molar-refractivity contribution in [2.45, 2.75) is 51.8 Å². The molecule has 0 aliphatic heterocycles. The molecule has 4 N–H and O–H groups in total. The van der Waals surface area contributed by atoms with Crippen LogP contribution in [-0.2, 0) is 14.3 Å². The van der Waals surface area contributed by atoms with Gasteiger partial charge in [0, 0.05) is 0 Å². The van der Waals surface area contributed by atoms with Crippen molar-refractivity contribution >= 4 is 24.3 Å². The van der Waals surface area contributed by atoms with Gasteiger partial charge in [-0.15, -0.1) is 12.4 Å². The summed E-state index contributed by atoms with van der Waals surface area (Å²) in [7, 11) is 0. The van der Waals surface area contributed by atoms with Gasteiger partial charge in [-0.1, -0.05) is 19.1 Å². The number of halogens is 1. The molecule has 2 atom stereocenters. The molecule has 0 aromatic heterocycles. The molecule has 0 aliphatic carbocycles. The molecule has 0 spiro atoms. The van der Waals surface area contributed by atoms with Crippen LogP contribution in [0.2, 0.25) is 0 Å². The number of amides is 1. The van der Waals surface area contributed by atoms with Crippen LogP contribution in [0.25, 0.3) is 0 Å². The van der Waals surface area contributed by atoms with Crippen molar-refractivity contribution in [2.24, 2.45) is 5.73 Å². The van der Waals surface area contributed by atoms with Crippen LogP contribution in [0.1, 0.15) is 45.7 Å². The van der Waals surface area contributed by atoms with Crippen LogP contribution in [0, 0.1) is 0 Å². The Balaban J connectivity index is 0.00000484. The molecule has 1 rings (SSSR count). The zero-order valence-corrected chi connectivity index (χ0v) is 14.6. The first-order chi connectivity index (χ1) is 10.1. The predicted molar refractivity (Wildman–Crippen MR) is 90.3 cm³/mol. The van der Waals surface area contributed by atoms with Gasteiger partial charge in [-0.05, 0) is 44.9 Å². The molecule has 130 valence electrons. The average Bonchev–Trinajstić information content (AvgIpc) is 2.42. The van der Waals surface area contributed by atoms with Crippen molar-refractivity contribution in [2.75, 3.05) is 0 Å². The van der Waals surface area contributed by atoms with E-state index in [2.05, 4.69) is 5.32 Å². The fourth-order valence-corrected chi connectivity index (χ4v) is 1.80. The van der Waals surface area contributed by atoms with E-state index in [9.17, 15) is 14.7 Å². The summed E-state index contributed by atoms with van der Waals surface area (Å²) in [6, 6.07) is 4.37. The number of nitrogens with one attached hydrogen (secondary N) is 1. The van der Waals surface area contributed by atoms with E-state index in [1.54, 1.807) is 39.8 Å². The van der Waals surface area contributed by atoms with E-state index in [1.165, 1.54) is 12.1 Å². The SMILES string of the molecule is CC[C@H](NC(=O)[C@H](N)c1ccc(O)cc1)C(=O)OC(C)(C)C.Cl. The van der Waals surface area contributed by atoms with Crippen molar-refractivity contribution in [1.82, 2.24) is 5.32 Å². The fraction of sp³-hybridized carbons (Fsp3) is 0.500. The monoisotopic (exact) mass is 344 g/mol. The van der Waals surface area contributed by atoms with Gasteiger partial charge in [0.05, 0.1) is 0 Å². The highest BCUT2D eigenvalue weighted by atomic mass is 35.5. The van der Waals surface area contributed by atoms with Crippen molar-refractivity contribution in [3.63, 3.8) is 0 Å². The van der Waals surface area contributed by atoms with Crippen LogP contribution in [-0.4, -0.2) is 28.6 Å². The third-order valence-electron chi connectivity index (χ3n) is 2.95. The van der Waals surface area contributed by atoms with Crippen LogP contribution < -0.4 is 11.1 Å². The normalized spacial score (nSPS) is 13.4. The van der Waals surface area contributed by atoms with Gasteiger partial charge in [0.25, 0.3) is 0 Å². The van der Waals surface area contributed by atoms with Gasteiger partial charge >= 0.3 is 5.97 Å². The maximum atomic E-state index is 12.2. The molecule has 1 amide bonds. The Morgan fingerprint density at radius 3 is 2.22 bits per heavy atom. The molecule has 0 unspecified atom stereocenters. The van der Waals surface area contributed by atoms with Crippen molar-refractivity contribution in [1.29, 1.82) is 0 Å². The molecule has 0 saturated carbocycles. The molecule has 0 fully saturated rings. The first kappa shape index (κ1) is 21.2. The molecule has 6 nitrogen and oxygen atoms in total. The molecule has 0 heterocycles. The number of phenols is 1. The molecule has 7 heteroatoms. The lowest BCUT2D eigenvalue weighted by Gasteiger charge is -2.24. The summed E-state index contributed by atoms with van der Waals surface area (Å²) in [5.41, 5.74) is 5.81. The highest BCUT2D eigenvalue weighted by Gasteiger charge is 2.27. The maximum absolute atomic E-state index is 12.2. The van der Waals surface area contributed by atoms with Crippen molar-refractivity contribution < 1.29 is 19.4 Å². The number of phenolic OH excluding ortho intramolecular Hbond substituents is 1. The van der Waals surface area contributed by atoms with Crippen molar-refractivity contribution in [3.05, 3.63) is 29.8 Å². The molecular formula is C16H25ClN2O4. The number of carbonyl (C=O) groups is 2. The van der Waals surface area contributed by atoms with E-state index < -0.39 is 29.6 Å². The zero-order valence-electron chi connectivity index (χ0n) is 13.8. The Bertz CT molecular complexity index is 526. The summed E-state index contributed by atoms with van der Waals surface area (Å²) in [6.07, 6.45) is 0.406. The molecule has 1 aromatic carbocycles. The smallest absolute Gasteiger partial charge is 0.329 e. The number of carbonyl (C=O) groups excluding carboxylic acids is 2. The van der Waals surface area contributed by atoms with E-state index in [1.807, 2.05) is 0 Å². The van der Waals surface area contributed by atoms with Crippen LogP contribution in [0.3, 0.4) is 0 Å². The lowest BCUT2D eigenvalue weighted by Crippen LogP contribution is -2.46. The second-order valence-corrected chi connectivity index (χ2v) is 6.07. The Morgan fingerprint density at radius 2 is 1.78 bits per heavy atom. The molecule has 1 aromatic rings. The number of ether oxygens (including phenoxy) is 1. The van der Waals surface area contributed by atoms with Crippen LogP contribution >= 0.6 is 12.4 Å². The van der Waals surface area contributed by atoms with Crippen LogP contribution in [0.5, 0.6) is 5.75 Å².